The Morgan fingerprint density at radius 2 is 1.83 bits per heavy atom. The standard InChI is InChI=1S/C14H28N2O2/c1-14(15,13(17)18-2)9-5-8-12-16-10-6-3-4-7-11-16/h3-12,15H2,1-2H3. The first-order valence-electron chi connectivity index (χ1n) is 7.16. The summed E-state index contributed by atoms with van der Waals surface area (Å²) in [7, 11) is 1.39. The number of likely N-dealkylation sites (tertiary alicyclic amines) is 1. The van der Waals surface area contributed by atoms with Crippen LogP contribution in [-0.2, 0) is 9.53 Å². The molecule has 1 aliphatic heterocycles. The zero-order valence-electron chi connectivity index (χ0n) is 11.9. The lowest BCUT2D eigenvalue weighted by atomic mass is 9.96. The number of esters is 1. The molecule has 0 aromatic carbocycles. The van der Waals surface area contributed by atoms with E-state index in [0.29, 0.717) is 6.42 Å². The lowest BCUT2D eigenvalue weighted by molar-refractivity contribution is -0.146. The number of nitrogens with zero attached hydrogens (tertiary/aromatic N) is 1. The molecule has 0 aromatic rings. The highest BCUT2D eigenvalue weighted by molar-refractivity contribution is 5.79. The van der Waals surface area contributed by atoms with Crippen molar-refractivity contribution in [2.24, 2.45) is 5.73 Å². The van der Waals surface area contributed by atoms with Crippen LogP contribution in [0.15, 0.2) is 0 Å². The Hall–Kier alpha value is -0.610. The van der Waals surface area contributed by atoms with Crippen LogP contribution in [0.2, 0.25) is 0 Å². The van der Waals surface area contributed by atoms with Gasteiger partial charge in [-0.25, -0.2) is 0 Å². The van der Waals surface area contributed by atoms with Crippen LogP contribution < -0.4 is 5.73 Å². The summed E-state index contributed by atoms with van der Waals surface area (Å²) in [5, 5.41) is 0. The summed E-state index contributed by atoms with van der Waals surface area (Å²) in [6, 6.07) is 0. The fourth-order valence-corrected chi connectivity index (χ4v) is 2.52. The van der Waals surface area contributed by atoms with E-state index in [4.69, 9.17) is 10.5 Å². The zero-order chi connectivity index (χ0) is 13.4. The summed E-state index contributed by atoms with van der Waals surface area (Å²) in [6.07, 6.45) is 8.21. The molecule has 1 heterocycles. The van der Waals surface area contributed by atoms with E-state index in [0.717, 1.165) is 19.4 Å². The average molecular weight is 256 g/mol. The van der Waals surface area contributed by atoms with Gasteiger partial charge in [-0.3, -0.25) is 4.79 Å². The molecule has 1 aliphatic rings. The van der Waals surface area contributed by atoms with E-state index < -0.39 is 5.54 Å². The van der Waals surface area contributed by atoms with Crippen molar-refractivity contribution in [2.45, 2.75) is 57.4 Å². The first kappa shape index (κ1) is 15.4. The summed E-state index contributed by atoms with van der Waals surface area (Å²) >= 11 is 0. The molecule has 0 amide bonds. The van der Waals surface area contributed by atoms with Crippen LogP contribution in [0.25, 0.3) is 0 Å². The Kier molecular flexibility index (Phi) is 6.65. The van der Waals surface area contributed by atoms with E-state index in [-0.39, 0.29) is 5.97 Å². The van der Waals surface area contributed by atoms with Crippen LogP contribution in [0.4, 0.5) is 0 Å². The molecular weight excluding hydrogens is 228 g/mol. The van der Waals surface area contributed by atoms with Crippen molar-refractivity contribution < 1.29 is 9.53 Å². The molecule has 1 unspecified atom stereocenters. The Labute approximate surface area is 111 Å². The Morgan fingerprint density at radius 1 is 1.22 bits per heavy atom. The van der Waals surface area contributed by atoms with Crippen molar-refractivity contribution in [3.63, 3.8) is 0 Å². The van der Waals surface area contributed by atoms with Gasteiger partial charge in [0.1, 0.15) is 5.54 Å². The first-order valence-corrected chi connectivity index (χ1v) is 7.16. The van der Waals surface area contributed by atoms with E-state index in [1.807, 2.05) is 0 Å². The van der Waals surface area contributed by atoms with Crippen LogP contribution in [0.1, 0.15) is 51.9 Å². The molecule has 0 aromatic heterocycles. The molecule has 0 radical (unpaired) electrons. The minimum Gasteiger partial charge on any atom is -0.468 e. The van der Waals surface area contributed by atoms with E-state index in [2.05, 4.69) is 4.90 Å². The van der Waals surface area contributed by atoms with Crippen molar-refractivity contribution >= 4 is 5.97 Å². The molecule has 2 N–H and O–H groups in total. The maximum Gasteiger partial charge on any atom is 0.325 e. The molecular formula is C14H28N2O2. The second kappa shape index (κ2) is 7.74. The third kappa shape index (κ3) is 5.36. The molecule has 0 spiro atoms. The first-order chi connectivity index (χ1) is 8.56. The molecule has 1 atom stereocenters. The van der Waals surface area contributed by atoms with Gasteiger partial charge in [-0.15, -0.1) is 0 Å². The Balaban J connectivity index is 2.15. The fourth-order valence-electron chi connectivity index (χ4n) is 2.52. The molecule has 4 nitrogen and oxygen atoms in total. The predicted octanol–water partition coefficient (Wildman–Crippen LogP) is 1.92. The van der Waals surface area contributed by atoms with Crippen molar-refractivity contribution in [1.29, 1.82) is 0 Å². The van der Waals surface area contributed by atoms with Crippen molar-refractivity contribution in [3.8, 4) is 0 Å². The number of rotatable bonds is 6. The number of unbranched alkanes of at least 4 members (excludes halogenated alkanes) is 1. The number of hydrogen-bond acceptors (Lipinski definition) is 4. The third-order valence-electron chi connectivity index (χ3n) is 3.77. The van der Waals surface area contributed by atoms with Gasteiger partial charge in [-0.2, -0.15) is 0 Å². The van der Waals surface area contributed by atoms with Crippen LogP contribution in [0.3, 0.4) is 0 Å². The highest BCUT2D eigenvalue weighted by atomic mass is 16.5. The molecule has 4 heteroatoms. The van der Waals surface area contributed by atoms with Gasteiger partial charge < -0.3 is 15.4 Å². The molecule has 0 saturated carbocycles. The average Bonchev–Trinajstić information content (AvgIpc) is 2.62. The van der Waals surface area contributed by atoms with E-state index in [1.165, 1.54) is 45.9 Å². The quantitative estimate of drug-likeness (QED) is 0.583. The van der Waals surface area contributed by atoms with Crippen LogP contribution in [0, 0.1) is 0 Å². The maximum atomic E-state index is 11.4. The van der Waals surface area contributed by atoms with Crippen LogP contribution in [0.5, 0.6) is 0 Å². The minimum absolute atomic E-state index is 0.308. The molecule has 0 bridgehead atoms. The molecule has 106 valence electrons. The van der Waals surface area contributed by atoms with Crippen molar-refractivity contribution in [1.82, 2.24) is 4.90 Å². The van der Waals surface area contributed by atoms with Gasteiger partial charge in [-0.05, 0) is 58.7 Å². The lowest BCUT2D eigenvalue weighted by Gasteiger charge is -2.23. The maximum absolute atomic E-state index is 11.4. The number of carbonyl (C=O) groups is 1. The molecule has 1 fully saturated rings. The van der Waals surface area contributed by atoms with Gasteiger partial charge in [0, 0.05) is 0 Å². The summed E-state index contributed by atoms with van der Waals surface area (Å²) < 4.78 is 4.70. The Morgan fingerprint density at radius 3 is 2.39 bits per heavy atom. The number of nitrogens with two attached hydrogens (primary N) is 1. The third-order valence-corrected chi connectivity index (χ3v) is 3.77. The van der Waals surface area contributed by atoms with Gasteiger partial charge in [0.25, 0.3) is 0 Å². The minimum atomic E-state index is -0.826. The fraction of sp³-hybridized carbons (Fsp3) is 0.929. The monoisotopic (exact) mass is 256 g/mol. The number of carbonyl (C=O) groups excluding carboxylic acids is 1. The van der Waals surface area contributed by atoms with Gasteiger partial charge in [0.15, 0.2) is 0 Å². The zero-order valence-corrected chi connectivity index (χ0v) is 11.9. The van der Waals surface area contributed by atoms with Crippen molar-refractivity contribution in [2.75, 3.05) is 26.7 Å². The van der Waals surface area contributed by atoms with Crippen molar-refractivity contribution in [3.05, 3.63) is 0 Å². The van der Waals surface area contributed by atoms with Gasteiger partial charge in [0.2, 0.25) is 0 Å². The molecule has 0 aliphatic carbocycles. The SMILES string of the molecule is COC(=O)C(C)(N)CCCCN1CCCCCC1. The molecule has 1 rings (SSSR count). The number of hydrogen-bond donors (Lipinski definition) is 1. The topological polar surface area (TPSA) is 55.6 Å². The van der Waals surface area contributed by atoms with E-state index >= 15 is 0 Å². The second-order valence-corrected chi connectivity index (χ2v) is 5.62. The van der Waals surface area contributed by atoms with Gasteiger partial charge in [0.05, 0.1) is 7.11 Å². The van der Waals surface area contributed by atoms with Crippen LogP contribution >= 0.6 is 0 Å². The summed E-state index contributed by atoms with van der Waals surface area (Å²) in [5.41, 5.74) is 5.10. The summed E-state index contributed by atoms with van der Waals surface area (Å²) in [5.74, 6) is -0.308. The van der Waals surface area contributed by atoms with E-state index in [1.54, 1.807) is 6.92 Å². The van der Waals surface area contributed by atoms with Gasteiger partial charge in [-0.1, -0.05) is 12.8 Å². The lowest BCUT2D eigenvalue weighted by Crippen LogP contribution is -2.45. The Bertz CT molecular complexity index is 246. The smallest absolute Gasteiger partial charge is 0.325 e. The number of methoxy groups -OCH3 is 1. The highest BCUT2D eigenvalue weighted by Gasteiger charge is 2.28. The summed E-state index contributed by atoms with van der Waals surface area (Å²) in [4.78, 5) is 14.0. The predicted molar refractivity (Wildman–Crippen MR) is 73.4 cm³/mol. The largest absolute Gasteiger partial charge is 0.468 e. The highest BCUT2D eigenvalue weighted by Crippen LogP contribution is 2.14. The van der Waals surface area contributed by atoms with Gasteiger partial charge >= 0.3 is 5.97 Å². The number of ether oxygens (including phenoxy) is 1. The van der Waals surface area contributed by atoms with E-state index in [9.17, 15) is 4.79 Å². The second-order valence-electron chi connectivity index (χ2n) is 5.62. The van der Waals surface area contributed by atoms with Crippen LogP contribution in [-0.4, -0.2) is 43.2 Å². The summed E-state index contributed by atoms with van der Waals surface area (Å²) in [6.45, 7) is 5.36. The molecule has 18 heavy (non-hydrogen) atoms. The molecule has 1 saturated heterocycles. The normalized spacial score (nSPS) is 21.1.